The Balaban J connectivity index is 1.67. The Morgan fingerprint density at radius 2 is 1.63 bits per heavy atom. The minimum Gasteiger partial charge on any atom is -0.326 e. The van der Waals surface area contributed by atoms with Gasteiger partial charge in [-0.3, -0.25) is 9.59 Å². The van der Waals surface area contributed by atoms with Crippen LogP contribution in [0.1, 0.15) is 24.5 Å². The molecule has 0 heterocycles. The molecule has 0 saturated heterocycles. The van der Waals surface area contributed by atoms with E-state index in [1.807, 2.05) is 0 Å². The molecule has 4 nitrogen and oxygen atoms in total. The molecular weight excluding hydrogens is 520 g/mol. The average molecular weight is 541 g/mol. The minimum atomic E-state index is -4.67. The number of alkyl halides is 3. The van der Waals surface area contributed by atoms with Gasteiger partial charge in [-0.15, -0.1) is 11.8 Å². The van der Waals surface area contributed by atoms with Crippen LogP contribution in [0.25, 0.3) is 0 Å². The number of amides is 2. The number of carbonyl (C=O) groups excluding carboxylic acids is 2. The number of carbonyl (C=O) groups is 2. The molecule has 0 aromatic heterocycles. The Kier molecular flexibility index (Phi) is 9.10. The fraction of sp³-hybridized carbons (Fsp3) is 0.200. The molecule has 2 N–H and O–H groups in total. The summed E-state index contributed by atoms with van der Waals surface area (Å²) in [5.74, 6) is -0.788. The molecule has 1 atom stereocenters. The van der Waals surface area contributed by atoms with Gasteiger partial charge in [0.15, 0.2) is 0 Å². The molecule has 35 heavy (non-hydrogen) atoms. The van der Waals surface area contributed by atoms with E-state index in [-0.39, 0.29) is 23.0 Å². The van der Waals surface area contributed by atoms with Crippen molar-refractivity contribution in [3.05, 3.63) is 87.9 Å². The fourth-order valence-electron chi connectivity index (χ4n) is 3.20. The molecule has 0 radical (unpaired) electrons. The van der Waals surface area contributed by atoms with Gasteiger partial charge in [-0.2, -0.15) is 13.2 Å². The first-order valence-corrected chi connectivity index (χ1v) is 12.2. The summed E-state index contributed by atoms with van der Waals surface area (Å²) < 4.78 is 40.1. The Morgan fingerprint density at radius 1 is 0.943 bits per heavy atom. The van der Waals surface area contributed by atoms with Gasteiger partial charge in [-0.1, -0.05) is 48.3 Å². The maximum absolute atomic E-state index is 13.4. The van der Waals surface area contributed by atoms with E-state index in [4.69, 9.17) is 23.2 Å². The Morgan fingerprint density at radius 3 is 2.29 bits per heavy atom. The van der Waals surface area contributed by atoms with Crippen LogP contribution in [0, 0.1) is 0 Å². The Hall–Kier alpha value is -2.68. The van der Waals surface area contributed by atoms with Crippen LogP contribution >= 0.6 is 35.0 Å². The number of benzene rings is 3. The van der Waals surface area contributed by atoms with Crippen LogP contribution < -0.4 is 10.6 Å². The van der Waals surface area contributed by atoms with Crippen molar-refractivity contribution in [1.82, 2.24) is 0 Å². The highest BCUT2D eigenvalue weighted by molar-refractivity contribution is 8.00. The van der Waals surface area contributed by atoms with Crippen LogP contribution in [-0.4, -0.2) is 17.1 Å². The lowest BCUT2D eigenvalue weighted by Crippen LogP contribution is -2.26. The van der Waals surface area contributed by atoms with E-state index in [0.717, 1.165) is 17.7 Å². The van der Waals surface area contributed by atoms with Gasteiger partial charge < -0.3 is 10.6 Å². The van der Waals surface area contributed by atoms with Crippen molar-refractivity contribution in [1.29, 1.82) is 0 Å². The quantitative estimate of drug-likeness (QED) is 0.288. The molecular formula is C25H21Cl2F3N2O2S. The summed E-state index contributed by atoms with van der Waals surface area (Å²) in [5.41, 5.74) is -0.0142. The highest BCUT2D eigenvalue weighted by Gasteiger charge is 2.34. The number of hydrogen-bond acceptors (Lipinski definition) is 3. The van der Waals surface area contributed by atoms with Gasteiger partial charge >= 0.3 is 6.18 Å². The number of hydrogen-bond donors (Lipinski definition) is 2. The first kappa shape index (κ1) is 26.9. The first-order valence-electron chi connectivity index (χ1n) is 10.5. The predicted molar refractivity (Wildman–Crippen MR) is 135 cm³/mol. The van der Waals surface area contributed by atoms with Crippen LogP contribution in [0.5, 0.6) is 0 Å². The van der Waals surface area contributed by atoms with Crippen molar-refractivity contribution in [3.63, 3.8) is 0 Å². The normalized spacial score (nSPS) is 12.2. The molecule has 0 bridgehead atoms. The molecule has 0 aliphatic carbocycles. The van der Waals surface area contributed by atoms with Gasteiger partial charge in [0.2, 0.25) is 11.8 Å². The van der Waals surface area contributed by atoms with Gasteiger partial charge in [0.05, 0.1) is 22.9 Å². The van der Waals surface area contributed by atoms with Crippen LogP contribution in [0.4, 0.5) is 24.5 Å². The van der Waals surface area contributed by atoms with E-state index in [1.54, 1.807) is 55.5 Å². The number of thioether (sulfide) groups is 1. The lowest BCUT2D eigenvalue weighted by molar-refractivity contribution is -0.137. The van der Waals surface area contributed by atoms with E-state index >= 15 is 0 Å². The lowest BCUT2D eigenvalue weighted by atomic mass is 10.1. The summed E-state index contributed by atoms with van der Waals surface area (Å²) in [5, 5.41) is 5.03. The van der Waals surface area contributed by atoms with Crippen LogP contribution in [0.15, 0.2) is 71.6 Å². The number of rotatable bonds is 8. The van der Waals surface area contributed by atoms with Gasteiger partial charge in [0.1, 0.15) is 0 Å². The minimum absolute atomic E-state index is 0.0772. The third-order valence-corrected chi connectivity index (χ3v) is 6.73. The molecule has 0 aliphatic rings. The Bertz CT molecular complexity index is 1200. The SMILES string of the molecule is CCC(Sc1cccc(NC(=O)Cc2ccc(Cl)cc2)c1)C(=O)Nc1ccc(Cl)cc1C(F)(F)F. The molecule has 2 amide bonds. The van der Waals surface area contributed by atoms with Gasteiger partial charge in [-0.25, -0.2) is 0 Å². The van der Waals surface area contributed by atoms with E-state index in [1.165, 1.54) is 17.8 Å². The largest absolute Gasteiger partial charge is 0.418 e. The van der Waals surface area contributed by atoms with Gasteiger partial charge in [-0.05, 0) is 60.5 Å². The van der Waals surface area contributed by atoms with Crippen LogP contribution in [0.3, 0.4) is 0 Å². The number of anilines is 2. The van der Waals surface area contributed by atoms with Crippen molar-refractivity contribution < 1.29 is 22.8 Å². The summed E-state index contributed by atoms with van der Waals surface area (Å²) >= 11 is 12.8. The van der Waals surface area contributed by atoms with Gasteiger partial charge in [0.25, 0.3) is 0 Å². The van der Waals surface area contributed by atoms with Crippen molar-refractivity contribution in [2.75, 3.05) is 10.6 Å². The standard InChI is InChI=1S/C25H21Cl2F3N2O2S/c1-2-22(24(34)32-21-11-10-17(27)13-20(21)25(28,29)30)35-19-5-3-4-18(14-19)31-23(33)12-15-6-8-16(26)9-7-15/h3-11,13-14,22H,2,12H2,1H3,(H,31,33)(H,32,34). The molecule has 3 aromatic rings. The lowest BCUT2D eigenvalue weighted by Gasteiger charge is -2.18. The van der Waals surface area contributed by atoms with Crippen molar-refractivity contribution in [2.45, 2.75) is 36.1 Å². The molecule has 3 rings (SSSR count). The molecule has 3 aromatic carbocycles. The number of nitrogens with one attached hydrogen (secondary N) is 2. The second-order valence-electron chi connectivity index (χ2n) is 7.57. The second-order valence-corrected chi connectivity index (χ2v) is 9.72. The van der Waals surface area contributed by atoms with Gasteiger partial charge in [0, 0.05) is 20.6 Å². The van der Waals surface area contributed by atoms with E-state index in [2.05, 4.69) is 10.6 Å². The maximum Gasteiger partial charge on any atom is 0.418 e. The van der Waals surface area contributed by atoms with E-state index < -0.39 is 22.9 Å². The molecule has 0 fully saturated rings. The summed E-state index contributed by atoms with van der Waals surface area (Å²) in [6.07, 6.45) is -4.13. The van der Waals surface area contributed by atoms with E-state index in [0.29, 0.717) is 22.0 Å². The van der Waals surface area contributed by atoms with Crippen LogP contribution in [-0.2, 0) is 22.2 Å². The highest BCUT2D eigenvalue weighted by atomic mass is 35.5. The zero-order chi connectivity index (χ0) is 25.6. The summed E-state index contributed by atoms with van der Waals surface area (Å²) in [4.78, 5) is 25.9. The molecule has 0 spiro atoms. The summed E-state index contributed by atoms with van der Waals surface area (Å²) in [7, 11) is 0. The van der Waals surface area contributed by atoms with Crippen molar-refractivity contribution >= 4 is 58.2 Å². The summed E-state index contributed by atoms with van der Waals surface area (Å²) in [6.45, 7) is 1.77. The second kappa shape index (κ2) is 11.8. The molecule has 1 unspecified atom stereocenters. The predicted octanol–water partition coefficient (Wildman–Crippen LogP) is 7.70. The van der Waals surface area contributed by atoms with Crippen molar-refractivity contribution in [3.8, 4) is 0 Å². The van der Waals surface area contributed by atoms with Crippen LogP contribution in [0.2, 0.25) is 10.0 Å². The third-order valence-electron chi connectivity index (χ3n) is 4.88. The molecule has 184 valence electrons. The molecule has 0 saturated carbocycles. The monoisotopic (exact) mass is 540 g/mol. The summed E-state index contributed by atoms with van der Waals surface area (Å²) in [6, 6.07) is 17.1. The smallest absolute Gasteiger partial charge is 0.326 e. The average Bonchev–Trinajstić information content (AvgIpc) is 2.79. The third kappa shape index (κ3) is 7.92. The number of halogens is 5. The maximum atomic E-state index is 13.4. The zero-order valence-corrected chi connectivity index (χ0v) is 20.8. The van der Waals surface area contributed by atoms with Crippen molar-refractivity contribution in [2.24, 2.45) is 0 Å². The Labute approximate surface area is 215 Å². The van der Waals surface area contributed by atoms with E-state index in [9.17, 15) is 22.8 Å². The molecule has 10 heteroatoms. The fourth-order valence-corrected chi connectivity index (χ4v) is 4.51. The molecule has 0 aliphatic heterocycles. The zero-order valence-electron chi connectivity index (χ0n) is 18.5. The first-order chi connectivity index (χ1) is 16.5. The topological polar surface area (TPSA) is 58.2 Å². The highest BCUT2D eigenvalue weighted by Crippen LogP contribution is 2.37.